The average molecular weight is 196 g/mol. The molecule has 0 aliphatic carbocycles. The van der Waals surface area contributed by atoms with Gasteiger partial charge in [-0.3, -0.25) is 0 Å². The molecule has 0 saturated carbocycles. The number of aromatic nitrogens is 2. The van der Waals surface area contributed by atoms with E-state index in [9.17, 15) is 4.39 Å². The fourth-order valence-corrected chi connectivity index (χ4v) is 1.55. The number of anilines is 1. The van der Waals surface area contributed by atoms with E-state index in [1.165, 1.54) is 6.33 Å². The second-order valence-electron chi connectivity index (χ2n) is 3.48. The molecular weight excluding hydrogens is 183 g/mol. The topological polar surface area (TPSA) is 55.0 Å². The van der Waals surface area contributed by atoms with Gasteiger partial charge in [-0.1, -0.05) is 6.92 Å². The van der Waals surface area contributed by atoms with Gasteiger partial charge in [-0.05, 0) is 6.42 Å². The zero-order chi connectivity index (χ0) is 10.1. The summed E-state index contributed by atoms with van der Waals surface area (Å²) in [6, 6.07) is 0.148. The number of hydrogen-bond donors (Lipinski definition) is 1. The Labute approximate surface area is 82.0 Å². The molecule has 0 aromatic carbocycles. The maximum absolute atomic E-state index is 13.7. The molecule has 5 heteroatoms. The first-order valence-electron chi connectivity index (χ1n) is 4.72. The van der Waals surface area contributed by atoms with Crippen molar-refractivity contribution in [1.82, 2.24) is 9.97 Å². The van der Waals surface area contributed by atoms with Crippen molar-refractivity contribution < 1.29 is 4.39 Å². The van der Waals surface area contributed by atoms with E-state index in [0.717, 1.165) is 0 Å². The van der Waals surface area contributed by atoms with Crippen molar-refractivity contribution in [3.63, 3.8) is 0 Å². The average Bonchev–Trinajstić information content (AvgIpc) is 2.14. The highest BCUT2D eigenvalue weighted by atomic mass is 19.1. The largest absolute Gasteiger partial charge is 0.351 e. The molecule has 0 unspecified atom stereocenters. The molecule has 2 heterocycles. The summed E-state index contributed by atoms with van der Waals surface area (Å²) in [7, 11) is 0. The Morgan fingerprint density at radius 3 is 2.86 bits per heavy atom. The molecule has 1 aromatic heterocycles. The molecule has 1 fully saturated rings. The van der Waals surface area contributed by atoms with Crippen LogP contribution in [-0.2, 0) is 6.42 Å². The number of rotatable bonds is 2. The standard InChI is InChI=1S/C9H13FN4/c1-2-7-8(10)9(13-5-12-7)14-3-6(11)4-14/h5-6H,2-4,11H2,1H3. The highest BCUT2D eigenvalue weighted by Gasteiger charge is 2.27. The summed E-state index contributed by atoms with van der Waals surface area (Å²) in [5, 5.41) is 0. The minimum absolute atomic E-state index is 0.148. The molecule has 14 heavy (non-hydrogen) atoms. The van der Waals surface area contributed by atoms with Gasteiger partial charge in [0, 0.05) is 19.1 Å². The lowest BCUT2D eigenvalue weighted by Crippen LogP contribution is -2.56. The van der Waals surface area contributed by atoms with Gasteiger partial charge >= 0.3 is 0 Å². The predicted molar refractivity (Wildman–Crippen MR) is 51.6 cm³/mol. The van der Waals surface area contributed by atoms with Gasteiger partial charge in [-0.25, -0.2) is 14.4 Å². The molecular formula is C9H13FN4. The van der Waals surface area contributed by atoms with Crippen molar-refractivity contribution in [1.29, 1.82) is 0 Å². The van der Waals surface area contributed by atoms with Crippen LogP contribution in [0.4, 0.5) is 10.2 Å². The van der Waals surface area contributed by atoms with E-state index in [2.05, 4.69) is 9.97 Å². The van der Waals surface area contributed by atoms with Crippen molar-refractivity contribution in [3.05, 3.63) is 17.8 Å². The lowest BCUT2D eigenvalue weighted by atomic mass is 10.1. The van der Waals surface area contributed by atoms with Crippen LogP contribution in [0.1, 0.15) is 12.6 Å². The molecule has 1 saturated heterocycles. The van der Waals surface area contributed by atoms with Crippen molar-refractivity contribution in [2.75, 3.05) is 18.0 Å². The predicted octanol–water partition coefficient (Wildman–Crippen LogP) is 0.325. The number of hydrogen-bond acceptors (Lipinski definition) is 4. The Morgan fingerprint density at radius 2 is 2.29 bits per heavy atom. The first-order chi connectivity index (χ1) is 6.72. The van der Waals surface area contributed by atoms with Crippen LogP contribution in [0.2, 0.25) is 0 Å². The Kier molecular flexibility index (Phi) is 2.33. The lowest BCUT2D eigenvalue weighted by Gasteiger charge is -2.37. The summed E-state index contributed by atoms with van der Waals surface area (Å²) in [5.74, 6) is 0.0838. The molecule has 0 radical (unpaired) electrons. The maximum Gasteiger partial charge on any atom is 0.187 e. The van der Waals surface area contributed by atoms with Crippen LogP contribution >= 0.6 is 0 Å². The first kappa shape index (κ1) is 9.33. The highest BCUT2D eigenvalue weighted by Crippen LogP contribution is 2.22. The van der Waals surface area contributed by atoms with Crippen LogP contribution in [0.15, 0.2) is 6.33 Å². The fraction of sp³-hybridized carbons (Fsp3) is 0.556. The van der Waals surface area contributed by atoms with Crippen molar-refractivity contribution in [3.8, 4) is 0 Å². The summed E-state index contributed by atoms with van der Waals surface area (Å²) in [4.78, 5) is 9.63. The van der Waals surface area contributed by atoms with E-state index in [1.54, 1.807) is 0 Å². The third-order valence-corrected chi connectivity index (χ3v) is 2.39. The van der Waals surface area contributed by atoms with Gasteiger partial charge in [0.15, 0.2) is 11.6 Å². The van der Waals surface area contributed by atoms with Crippen LogP contribution < -0.4 is 10.6 Å². The third kappa shape index (κ3) is 1.43. The van der Waals surface area contributed by atoms with Gasteiger partial charge in [-0.2, -0.15) is 0 Å². The summed E-state index contributed by atoms with van der Waals surface area (Å²) in [5.41, 5.74) is 6.09. The Balaban J connectivity index is 2.25. The van der Waals surface area contributed by atoms with Gasteiger partial charge < -0.3 is 10.6 Å². The molecule has 1 aliphatic rings. The SMILES string of the molecule is CCc1ncnc(N2CC(N)C2)c1F. The van der Waals surface area contributed by atoms with Crippen LogP contribution in [0.5, 0.6) is 0 Å². The van der Waals surface area contributed by atoms with E-state index < -0.39 is 0 Å². The molecule has 2 rings (SSSR count). The molecule has 4 nitrogen and oxygen atoms in total. The number of halogens is 1. The van der Waals surface area contributed by atoms with Gasteiger partial charge in [0.05, 0.1) is 5.69 Å². The summed E-state index contributed by atoms with van der Waals surface area (Å²) in [6.07, 6.45) is 1.99. The van der Waals surface area contributed by atoms with Crippen LogP contribution in [-0.4, -0.2) is 29.1 Å². The Hall–Kier alpha value is -1.23. The Morgan fingerprint density at radius 1 is 1.57 bits per heavy atom. The normalized spacial score (nSPS) is 16.9. The number of aryl methyl sites for hydroxylation is 1. The van der Waals surface area contributed by atoms with Gasteiger partial charge in [0.2, 0.25) is 0 Å². The van der Waals surface area contributed by atoms with Crippen molar-refractivity contribution >= 4 is 5.82 Å². The van der Waals surface area contributed by atoms with Crippen LogP contribution in [0, 0.1) is 5.82 Å². The first-order valence-corrected chi connectivity index (χ1v) is 4.72. The summed E-state index contributed by atoms with van der Waals surface area (Å²) < 4.78 is 13.7. The maximum atomic E-state index is 13.7. The lowest BCUT2D eigenvalue weighted by molar-refractivity contribution is 0.493. The second-order valence-corrected chi connectivity index (χ2v) is 3.48. The molecule has 1 aromatic rings. The van der Waals surface area contributed by atoms with Crippen molar-refractivity contribution in [2.24, 2.45) is 5.73 Å². The summed E-state index contributed by atoms with van der Waals surface area (Å²) in [6.45, 7) is 3.23. The highest BCUT2D eigenvalue weighted by molar-refractivity contribution is 5.44. The minimum Gasteiger partial charge on any atom is -0.351 e. The number of nitrogens with zero attached hydrogens (tertiary/aromatic N) is 3. The monoisotopic (exact) mass is 196 g/mol. The van der Waals surface area contributed by atoms with E-state index in [1.807, 2.05) is 11.8 Å². The number of nitrogens with two attached hydrogens (primary N) is 1. The molecule has 0 bridgehead atoms. The van der Waals surface area contributed by atoms with Gasteiger partial charge in [0.25, 0.3) is 0 Å². The minimum atomic E-state index is -0.304. The molecule has 0 spiro atoms. The summed E-state index contributed by atoms with van der Waals surface area (Å²) >= 11 is 0. The van der Waals surface area contributed by atoms with E-state index in [4.69, 9.17) is 5.73 Å². The smallest absolute Gasteiger partial charge is 0.187 e. The third-order valence-electron chi connectivity index (χ3n) is 2.39. The zero-order valence-corrected chi connectivity index (χ0v) is 8.07. The Bertz CT molecular complexity index is 336. The van der Waals surface area contributed by atoms with Crippen molar-refractivity contribution in [2.45, 2.75) is 19.4 Å². The van der Waals surface area contributed by atoms with E-state index in [-0.39, 0.29) is 11.9 Å². The quantitative estimate of drug-likeness (QED) is 0.740. The van der Waals surface area contributed by atoms with Gasteiger partial charge in [-0.15, -0.1) is 0 Å². The fourth-order valence-electron chi connectivity index (χ4n) is 1.55. The molecule has 1 aliphatic heterocycles. The molecule has 0 amide bonds. The van der Waals surface area contributed by atoms with E-state index in [0.29, 0.717) is 31.0 Å². The molecule has 0 atom stereocenters. The second kappa shape index (κ2) is 3.49. The molecule has 76 valence electrons. The zero-order valence-electron chi connectivity index (χ0n) is 8.07. The van der Waals surface area contributed by atoms with Crippen LogP contribution in [0.25, 0.3) is 0 Å². The molecule has 2 N–H and O–H groups in total. The van der Waals surface area contributed by atoms with E-state index >= 15 is 0 Å². The van der Waals surface area contributed by atoms with Gasteiger partial charge in [0.1, 0.15) is 6.33 Å². The van der Waals surface area contributed by atoms with Crippen LogP contribution in [0.3, 0.4) is 0 Å².